The Kier molecular flexibility index (Phi) is 4.16. The third-order valence-corrected chi connectivity index (χ3v) is 4.30. The van der Waals surface area contributed by atoms with Crippen molar-refractivity contribution in [3.63, 3.8) is 0 Å². The number of nitrogens with zero attached hydrogens (tertiary/aromatic N) is 2. The largest absolute Gasteiger partial charge is 0.422 e. The smallest absolute Gasteiger partial charge is 0.356 e. The van der Waals surface area contributed by atoms with Crippen molar-refractivity contribution in [1.82, 2.24) is 0 Å². The summed E-state index contributed by atoms with van der Waals surface area (Å²) in [6.45, 7) is 3.82. The molecule has 0 amide bonds. The molecular formula is C18H17FN2O2. The maximum absolute atomic E-state index is 13.1. The fourth-order valence-electron chi connectivity index (χ4n) is 2.84. The summed E-state index contributed by atoms with van der Waals surface area (Å²) in [5, 5.41) is 9.29. The highest BCUT2D eigenvalue weighted by Crippen LogP contribution is 2.29. The van der Waals surface area contributed by atoms with Gasteiger partial charge in [0.2, 0.25) is 0 Å². The average Bonchev–Trinajstić information content (AvgIpc) is 2.55. The molecule has 3 rings (SSSR count). The molecule has 118 valence electrons. The molecule has 1 aliphatic rings. The summed E-state index contributed by atoms with van der Waals surface area (Å²) in [4.78, 5) is 14.2. The van der Waals surface area contributed by atoms with Crippen LogP contribution in [0.15, 0.2) is 39.5 Å². The lowest BCUT2D eigenvalue weighted by Gasteiger charge is -2.32. The molecule has 0 N–H and O–H groups in total. The van der Waals surface area contributed by atoms with Crippen LogP contribution in [0.4, 0.5) is 10.1 Å². The fourth-order valence-corrected chi connectivity index (χ4v) is 2.84. The molecule has 4 nitrogen and oxygen atoms in total. The maximum Gasteiger partial charge on any atom is 0.356 e. The number of nitriles is 1. The van der Waals surface area contributed by atoms with Gasteiger partial charge in [0, 0.05) is 24.7 Å². The Morgan fingerprint density at radius 3 is 2.52 bits per heavy atom. The van der Waals surface area contributed by atoms with Crippen molar-refractivity contribution in [1.29, 1.82) is 5.26 Å². The quantitative estimate of drug-likeness (QED) is 0.851. The SMILES string of the molecule is CC1CCN(c2cc(-c3ccc(F)cc3)oc(=O)c2C#N)CC1. The Hall–Kier alpha value is -2.61. The van der Waals surface area contributed by atoms with Gasteiger partial charge in [0.1, 0.15) is 17.6 Å². The minimum atomic E-state index is -0.650. The first-order valence-electron chi connectivity index (χ1n) is 7.67. The summed E-state index contributed by atoms with van der Waals surface area (Å²) in [7, 11) is 0. The average molecular weight is 312 g/mol. The van der Waals surface area contributed by atoms with E-state index in [1.165, 1.54) is 12.1 Å². The van der Waals surface area contributed by atoms with Gasteiger partial charge in [-0.25, -0.2) is 9.18 Å². The molecule has 1 aromatic carbocycles. The third-order valence-electron chi connectivity index (χ3n) is 4.30. The monoisotopic (exact) mass is 312 g/mol. The summed E-state index contributed by atoms with van der Waals surface area (Å²) < 4.78 is 18.3. The van der Waals surface area contributed by atoms with E-state index in [9.17, 15) is 14.4 Å². The highest BCUT2D eigenvalue weighted by molar-refractivity contribution is 5.67. The molecule has 0 atom stereocenters. The van der Waals surface area contributed by atoms with Crippen molar-refractivity contribution in [3.8, 4) is 17.4 Å². The molecule has 1 saturated heterocycles. The number of benzene rings is 1. The van der Waals surface area contributed by atoms with E-state index in [2.05, 4.69) is 11.8 Å². The van der Waals surface area contributed by atoms with E-state index < -0.39 is 5.63 Å². The van der Waals surface area contributed by atoms with Crippen LogP contribution < -0.4 is 10.5 Å². The maximum atomic E-state index is 13.1. The molecular weight excluding hydrogens is 295 g/mol. The molecule has 0 radical (unpaired) electrons. The predicted molar refractivity (Wildman–Crippen MR) is 85.7 cm³/mol. The second-order valence-corrected chi connectivity index (χ2v) is 5.95. The van der Waals surface area contributed by atoms with Crippen LogP contribution in [-0.4, -0.2) is 13.1 Å². The minimum absolute atomic E-state index is 0.0328. The van der Waals surface area contributed by atoms with E-state index in [-0.39, 0.29) is 11.4 Å². The zero-order valence-corrected chi connectivity index (χ0v) is 12.9. The molecule has 1 fully saturated rings. The number of halogens is 1. The normalized spacial score (nSPS) is 15.4. The highest BCUT2D eigenvalue weighted by atomic mass is 19.1. The van der Waals surface area contributed by atoms with Crippen LogP contribution >= 0.6 is 0 Å². The first-order valence-corrected chi connectivity index (χ1v) is 7.67. The standard InChI is InChI=1S/C18H17FN2O2/c1-12-6-8-21(9-7-12)16-10-17(23-18(22)15(16)11-20)13-2-4-14(19)5-3-13/h2-5,10,12H,6-9H2,1H3. The number of piperidine rings is 1. The number of rotatable bonds is 2. The first-order chi connectivity index (χ1) is 11.1. The van der Waals surface area contributed by atoms with Crippen molar-refractivity contribution < 1.29 is 8.81 Å². The molecule has 0 saturated carbocycles. The van der Waals surface area contributed by atoms with Gasteiger partial charge >= 0.3 is 5.63 Å². The summed E-state index contributed by atoms with van der Waals surface area (Å²) >= 11 is 0. The topological polar surface area (TPSA) is 57.2 Å². The molecule has 0 spiro atoms. The number of hydrogen-bond acceptors (Lipinski definition) is 4. The fraction of sp³-hybridized carbons (Fsp3) is 0.333. The van der Waals surface area contributed by atoms with E-state index >= 15 is 0 Å². The van der Waals surface area contributed by atoms with Crippen LogP contribution in [0.5, 0.6) is 0 Å². The summed E-state index contributed by atoms with van der Waals surface area (Å²) in [5.74, 6) is 0.645. The lowest BCUT2D eigenvalue weighted by molar-refractivity contribution is 0.436. The Morgan fingerprint density at radius 1 is 1.26 bits per heavy atom. The third kappa shape index (κ3) is 3.11. The van der Waals surface area contributed by atoms with Gasteiger partial charge in [0.05, 0.1) is 5.69 Å². The van der Waals surface area contributed by atoms with Gasteiger partial charge in [-0.15, -0.1) is 0 Å². The second kappa shape index (κ2) is 6.25. The summed E-state index contributed by atoms with van der Waals surface area (Å²) in [6.07, 6.45) is 2.05. The molecule has 1 aliphatic heterocycles. The van der Waals surface area contributed by atoms with Crippen LogP contribution in [0.2, 0.25) is 0 Å². The van der Waals surface area contributed by atoms with Crippen molar-refractivity contribution >= 4 is 5.69 Å². The Balaban J connectivity index is 2.05. The Morgan fingerprint density at radius 2 is 1.91 bits per heavy atom. The Bertz CT molecular complexity index is 797. The summed E-state index contributed by atoms with van der Waals surface area (Å²) in [5.41, 5.74) is 0.600. The number of hydrogen-bond donors (Lipinski definition) is 0. The van der Waals surface area contributed by atoms with Crippen molar-refractivity contribution in [2.24, 2.45) is 5.92 Å². The van der Waals surface area contributed by atoms with Crippen LogP contribution in [0, 0.1) is 23.1 Å². The molecule has 2 aromatic rings. The van der Waals surface area contributed by atoms with Crippen LogP contribution in [-0.2, 0) is 0 Å². The van der Waals surface area contributed by atoms with Gasteiger partial charge in [0.15, 0.2) is 5.56 Å². The van der Waals surface area contributed by atoms with Gasteiger partial charge in [0.25, 0.3) is 0 Å². The molecule has 23 heavy (non-hydrogen) atoms. The van der Waals surface area contributed by atoms with E-state index in [0.717, 1.165) is 25.9 Å². The highest BCUT2D eigenvalue weighted by Gasteiger charge is 2.22. The molecule has 5 heteroatoms. The number of anilines is 1. The molecule has 0 aliphatic carbocycles. The van der Waals surface area contributed by atoms with E-state index in [1.54, 1.807) is 18.2 Å². The van der Waals surface area contributed by atoms with Gasteiger partial charge in [-0.3, -0.25) is 0 Å². The lowest BCUT2D eigenvalue weighted by Crippen LogP contribution is -2.34. The van der Waals surface area contributed by atoms with E-state index in [0.29, 0.717) is 22.9 Å². The molecule has 2 heterocycles. The Labute approximate surface area is 133 Å². The molecule has 0 bridgehead atoms. The van der Waals surface area contributed by atoms with E-state index in [1.807, 2.05) is 6.07 Å². The van der Waals surface area contributed by atoms with Crippen LogP contribution in [0.25, 0.3) is 11.3 Å². The molecule has 1 aromatic heterocycles. The molecule has 0 unspecified atom stereocenters. The van der Waals surface area contributed by atoms with Gasteiger partial charge in [-0.1, -0.05) is 6.92 Å². The van der Waals surface area contributed by atoms with Gasteiger partial charge in [-0.05, 0) is 43.0 Å². The summed E-state index contributed by atoms with van der Waals surface area (Å²) in [6, 6.07) is 9.41. The zero-order chi connectivity index (χ0) is 16.4. The van der Waals surface area contributed by atoms with Crippen LogP contribution in [0.1, 0.15) is 25.3 Å². The first kappa shape index (κ1) is 15.3. The van der Waals surface area contributed by atoms with Crippen LogP contribution in [0.3, 0.4) is 0 Å². The lowest BCUT2D eigenvalue weighted by atomic mass is 9.98. The minimum Gasteiger partial charge on any atom is -0.422 e. The van der Waals surface area contributed by atoms with Crippen molar-refractivity contribution in [2.45, 2.75) is 19.8 Å². The van der Waals surface area contributed by atoms with Gasteiger partial charge < -0.3 is 9.32 Å². The zero-order valence-electron chi connectivity index (χ0n) is 12.9. The van der Waals surface area contributed by atoms with Crippen molar-refractivity contribution in [3.05, 3.63) is 52.1 Å². The van der Waals surface area contributed by atoms with Gasteiger partial charge in [-0.2, -0.15) is 5.26 Å². The second-order valence-electron chi connectivity index (χ2n) is 5.95. The van der Waals surface area contributed by atoms with Crippen molar-refractivity contribution in [2.75, 3.05) is 18.0 Å². The van der Waals surface area contributed by atoms with E-state index in [4.69, 9.17) is 4.42 Å². The predicted octanol–water partition coefficient (Wildman–Crippen LogP) is 3.55.